The molecule has 0 aromatic carbocycles. The lowest BCUT2D eigenvalue weighted by Gasteiger charge is -2.18. The Morgan fingerprint density at radius 1 is 1.26 bits per heavy atom. The van der Waals surface area contributed by atoms with Crippen molar-refractivity contribution in [2.45, 2.75) is 53.1 Å². The molecule has 0 N–H and O–H groups in total. The van der Waals surface area contributed by atoms with Crippen molar-refractivity contribution in [2.24, 2.45) is 17.3 Å². The summed E-state index contributed by atoms with van der Waals surface area (Å²) in [5, 5.41) is 0. The first-order chi connectivity index (χ1) is 12.6. The zero-order chi connectivity index (χ0) is 20.8. The number of Topliss-reactive ketones (excluding diaryl/α,β-unsaturated/α-hetero) is 2. The van der Waals surface area contributed by atoms with Gasteiger partial charge in [-0.15, -0.1) is 6.58 Å². The topological polar surface area (TPSA) is 123 Å². The molecule has 8 heteroatoms. The summed E-state index contributed by atoms with van der Waals surface area (Å²) in [7, 11) is 0. The lowest BCUT2D eigenvalue weighted by atomic mass is 9.99. The van der Waals surface area contributed by atoms with Crippen LogP contribution in [0.2, 0.25) is 0 Å². The number of nitrogens with zero attached hydrogens (tertiary/aromatic N) is 2. The number of ketones is 2. The van der Waals surface area contributed by atoms with Gasteiger partial charge in [0.25, 0.3) is 5.78 Å². The molecular weight excluding hydrogens is 352 g/mol. The fraction of sp³-hybridized carbons (Fsp3) is 0.632. The van der Waals surface area contributed by atoms with E-state index in [4.69, 9.17) is 10.3 Å². The maximum Gasteiger partial charge on any atom is 0.441 e. The van der Waals surface area contributed by atoms with Crippen LogP contribution in [0.15, 0.2) is 12.7 Å². The predicted molar refractivity (Wildman–Crippen MR) is 95.6 cm³/mol. The summed E-state index contributed by atoms with van der Waals surface area (Å²) in [6.07, 6.45) is 0.692. The van der Waals surface area contributed by atoms with Gasteiger partial charge in [-0.2, -0.15) is 4.79 Å². The maximum absolute atomic E-state index is 12.3. The molecule has 1 saturated carbocycles. The van der Waals surface area contributed by atoms with Crippen molar-refractivity contribution in [2.75, 3.05) is 6.61 Å². The molecule has 148 valence electrons. The molecule has 0 amide bonds. The first-order valence-electron chi connectivity index (χ1n) is 8.83. The van der Waals surface area contributed by atoms with E-state index >= 15 is 0 Å². The molecule has 0 spiro atoms. The molecule has 0 radical (unpaired) electrons. The van der Waals surface area contributed by atoms with Crippen LogP contribution in [0.25, 0.3) is 5.53 Å². The first-order valence-corrected chi connectivity index (χ1v) is 8.83. The predicted octanol–water partition coefficient (Wildman–Crippen LogP) is 1.92. The lowest BCUT2D eigenvalue weighted by Crippen LogP contribution is -2.29. The van der Waals surface area contributed by atoms with Gasteiger partial charge in [-0.25, -0.2) is 4.79 Å². The summed E-state index contributed by atoms with van der Waals surface area (Å²) in [6, 6.07) is 0. The van der Waals surface area contributed by atoms with E-state index in [1.165, 1.54) is 6.92 Å². The number of allylic oxidation sites excluding steroid dienone is 1. The SMILES string of the molecule is C=C[C@H]1[C@@H]([C@@H](CC(=O)CCC(=O)C(=[N+]=[N-])C(=O)OCC)OC(C)=O)C1(C)C. The van der Waals surface area contributed by atoms with Gasteiger partial charge in [0.15, 0.2) is 0 Å². The van der Waals surface area contributed by atoms with Gasteiger partial charge in [-0.05, 0) is 18.3 Å². The van der Waals surface area contributed by atoms with Crippen LogP contribution in [0.1, 0.15) is 47.0 Å². The molecule has 1 aliphatic carbocycles. The van der Waals surface area contributed by atoms with Crippen LogP contribution in [0.4, 0.5) is 0 Å². The molecule has 0 aliphatic heterocycles. The summed E-state index contributed by atoms with van der Waals surface area (Å²) < 4.78 is 9.94. The van der Waals surface area contributed by atoms with Crippen molar-refractivity contribution >= 4 is 29.2 Å². The standard InChI is InChI=1S/C19H26N2O6/c1-6-13-16(19(13,4)5)15(27-11(3)22)10-12(23)8-9-14(24)17(21-20)18(25)26-7-2/h6,13,15-16H,1,7-10H2,2-5H3/t13-,15+,16-/m0/s1. The van der Waals surface area contributed by atoms with Gasteiger partial charge in [0, 0.05) is 32.1 Å². The van der Waals surface area contributed by atoms with Gasteiger partial charge < -0.3 is 15.0 Å². The Bertz CT molecular complexity index is 690. The van der Waals surface area contributed by atoms with E-state index in [1.807, 2.05) is 13.8 Å². The molecular formula is C19H26N2O6. The second-order valence-corrected chi connectivity index (χ2v) is 7.09. The third-order valence-electron chi connectivity index (χ3n) is 4.86. The number of rotatable bonds is 11. The molecule has 1 rings (SSSR count). The molecule has 8 nitrogen and oxygen atoms in total. The van der Waals surface area contributed by atoms with Crippen LogP contribution < -0.4 is 0 Å². The fourth-order valence-corrected chi connectivity index (χ4v) is 3.44. The van der Waals surface area contributed by atoms with Gasteiger partial charge >= 0.3 is 17.7 Å². The molecule has 27 heavy (non-hydrogen) atoms. The Kier molecular flexibility index (Phi) is 7.79. The maximum atomic E-state index is 12.3. The zero-order valence-corrected chi connectivity index (χ0v) is 16.2. The highest BCUT2D eigenvalue weighted by molar-refractivity contribution is 6.62. The quantitative estimate of drug-likeness (QED) is 0.135. The minimum absolute atomic E-state index is 0.0207. The number of esters is 2. The molecule has 1 aliphatic rings. The molecule has 0 aromatic heterocycles. The van der Waals surface area contributed by atoms with E-state index in [0.29, 0.717) is 0 Å². The number of hydrogen-bond donors (Lipinski definition) is 0. The Balaban J connectivity index is 2.68. The fourth-order valence-electron chi connectivity index (χ4n) is 3.44. The van der Waals surface area contributed by atoms with Crippen molar-refractivity contribution in [1.29, 1.82) is 0 Å². The minimum Gasteiger partial charge on any atom is -0.462 e. The highest BCUT2D eigenvalue weighted by Gasteiger charge is 2.60. The highest BCUT2D eigenvalue weighted by atomic mass is 16.5. The number of hydrogen-bond acceptors (Lipinski definition) is 6. The first kappa shape index (κ1) is 22.4. The molecule has 3 atom stereocenters. The number of carbonyl (C=O) groups is 4. The molecule has 0 saturated heterocycles. The number of carbonyl (C=O) groups excluding carboxylic acids is 4. The lowest BCUT2D eigenvalue weighted by molar-refractivity contribution is -0.149. The summed E-state index contributed by atoms with van der Waals surface area (Å²) in [5.41, 5.74) is 7.95. The summed E-state index contributed by atoms with van der Waals surface area (Å²) >= 11 is 0. The average Bonchev–Trinajstić information content (AvgIpc) is 3.13. The van der Waals surface area contributed by atoms with Crippen molar-refractivity contribution in [3.05, 3.63) is 18.2 Å². The van der Waals surface area contributed by atoms with Crippen molar-refractivity contribution < 1.29 is 33.4 Å². The summed E-state index contributed by atoms with van der Waals surface area (Å²) in [4.78, 5) is 49.8. The van der Waals surface area contributed by atoms with Gasteiger partial charge in [0.05, 0.1) is 6.61 Å². The third kappa shape index (κ3) is 5.69. The molecule has 0 heterocycles. The van der Waals surface area contributed by atoms with Crippen molar-refractivity contribution in [1.82, 2.24) is 0 Å². The third-order valence-corrected chi connectivity index (χ3v) is 4.86. The number of ether oxygens (including phenoxy) is 2. The van der Waals surface area contributed by atoms with Gasteiger partial charge in [0.2, 0.25) is 0 Å². The van der Waals surface area contributed by atoms with E-state index in [9.17, 15) is 19.2 Å². The van der Waals surface area contributed by atoms with E-state index in [2.05, 4.69) is 16.1 Å². The van der Waals surface area contributed by atoms with Crippen LogP contribution in [0, 0.1) is 17.3 Å². The Labute approximate surface area is 158 Å². The Morgan fingerprint density at radius 3 is 2.33 bits per heavy atom. The highest BCUT2D eigenvalue weighted by Crippen LogP contribution is 2.61. The van der Waals surface area contributed by atoms with Crippen LogP contribution >= 0.6 is 0 Å². The van der Waals surface area contributed by atoms with E-state index < -0.39 is 29.5 Å². The summed E-state index contributed by atoms with van der Waals surface area (Å²) in [5.74, 6) is -2.48. The minimum atomic E-state index is -1.04. The monoisotopic (exact) mass is 378 g/mol. The Morgan fingerprint density at radius 2 is 1.89 bits per heavy atom. The van der Waals surface area contributed by atoms with Crippen LogP contribution in [-0.2, 0) is 28.7 Å². The van der Waals surface area contributed by atoms with E-state index in [-0.39, 0.29) is 48.9 Å². The molecule has 1 fully saturated rings. The second kappa shape index (κ2) is 9.37. The van der Waals surface area contributed by atoms with Crippen molar-refractivity contribution in [3.63, 3.8) is 0 Å². The summed E-state index contributed by atoms with van der Waals surface area (Å²) in [6.45, 7) is 10.7. The van der Waals surface area contributed by atoms with Gasteiger partial charge in [-0.3, -0.25) is 14.4 Å². The normalized spacial score (nSPS) is 20.6. The van der Waals surface area contributed by atoms with Crippen LogP contribution in [0.3, 0.4) is 0 Å². The van der Waals surface area contributed by atoms with Crippen LogP contribution in [0.5, 0.6) is 0 Å². The second-order valence-electron chi connectivity index (χ2n) is 7.09. The van der Waals surface area contributed by atoms with Crippen molar-refractivity contribution in [3.8, 4) is 0 Å². The van der Waals surface area contributed by atoms with Gasteiger partial charge in [-0.1, -0.05) is 19.9 Å². The smallest absolute Gasteiger partial charge is 0.441 e. The average molecular weight is 378 g/mol. The van der Waals surface area contributed by atoms with Crippen LogP contribution in [-0.4, -0.2) is 46.7 Å². The molecule has 0 aromatic rings. The Hall–Kier alpha value is -2.60. The van der Waals surface area contributed by atoms with E-state index in [0.717, 1.165) is 0 Å². The van der Waals surface area contributed by atoms with Gasteiger partial charge in [0.1, 0.15) is 11.9 Å². The van der Waals surface area contributed by atoms with E-state index in [1.54, 1.807) is 13.0 Å². The molecule has 0 bridgehead atoms. The zero-order valence-electron chi connectivity index (χ0n) is 16.2. The largest absolute Gasteiger partial charge is 0.462 e. The molecule has 0 unspecified atom stereocenters.